The van der Waals surface area contributed by atoms with Crippen molar-refractivity contribution in [3.63, 3.8) is 0 Å². The van der Waals surface area contributed by atoms with Crippen molar-refractivity contribution >= 4 is 17.7 Å². The third-order valence-electron chi connectivity index (χ3n) is 24.1. The largest absolute Gasteiger partial charge is 0.394 e. The molecule has 11 saturated heterocycles. The minimum Gasteiger partial charge on any atom is -0.394 e. The van der Waals surface area contributed by atoms with Crippen LogP contribution in [0.1, 0.15) is 41.5 Å². The van der Waals surface area contributed by atoms with Gasteiger partial charge in [-0.1, -0.05) is 0 Å². The first-order chi connectivity index (χ1) is 60.5. The van der Waals surface area contributed by atoms with Crippen molar-refractivity contribution in [1.82, 2.24) is 16.0 Å². The number of amides is 3. The topological polar surface area (TPSA) is 868 Å². The summed E-state index contributed by atoms with van der Waals surface area (Å²) in [4.78, 5) is 40.8. The number of aliphatic hydroxyl groups excluding tert-OH is 29. The summed E-state index contributed by atoms with van der Waals surface area (Å²) in [6, 6.07) is -6.13. The zero-order valence-corrected chi connectivity index (χ0v) is 69.2. The van der Waals surface area contributed by atoms with E-state index in [1.54, 1.807) is 0 Å². The fraction of sp³-hybridized carbons (Fsp3) is 0.958. The molecule has 11 heterocycles. The molecule has 0 aromatic heterocycles. The first-order valence-corrected chi connectivity index (χ1v) is 41.2. The van der Waals surface area contributed by atoms with Crippen molar-refractivity contribution in [1.29, 1.82) is 0 Å². The van der Waals surface area contributed by atoms with E-state index in [0.29, 0.717) is 0 Å². The molecule has 0 aromatic rings. The molecule has 32 N–H and O–H groups in total. The Morgan fingerprint density at radius 2 is 0.453 bits per heavy atom. The lowest BCUT2D eigenvalue weighted by atomic mass is 9.93. The number of carbonyl (C=O) groups excluding carboxylic acids is 3. The van der Waals surface area contributed by atoms with Crippen molar-refractivity contribution in [2.45, 2.75) is 379 Å². The molecule has 11 aliphatic rings. The number of hydrogen-bond donors (Lipinski definition) is 32. The maximum atomic E-state index is 13.8. The number of nitrogens with one attached hydrogen (secondary N) is 3. The summed E-state index contributed by atoms with van der Waals surface area (Å²) in [6.07, 6.45) is -108. The maximum Gasteiger partial charge on any atom is 0.217 e. The smallest absolute Gasteiger partial charge is 0.217 e. The Morgan fingerprint density at radius 3 is 0.773 bits per heavy atom. The first kappa shape index (κ1) is 105. The van der Waals surface area contributed by atoms with E-state index in [2.05, 4.69) is 16.0 Å². The molecular formula is C72H121N3O53. The van der Waals surface area contributed by atoms with E-state index in [1.807, 2.05) is 0 Å². The summed E-state index contributed by atoms with van der Waals surface area (Å²) >= 11 is 0. The number of rotatable bonds is 31. The highest BCUT2D eigenvalue weighted by Gasteiger charge is 2.63. The zero-order chi connectivity index (χ0) is 94.1. The molecule has 11 aliphatic heterocycles. The molecule has 1 unspecified atom stereocenters. The van der Waals surface area contributed by atoms with Crippen LogP contribution in [-0.4, -0.2) is 556 Å². The van der Waals surface area contributed by atoms with Crippen LogP contribution in [0, 0.1) is 0 Å². The van der Waals surface area contributed by atoms with E-state index in [4.69, 9.17) is 99.5 Å². The molecule has 128 heavy (non-hydrogen) atoms. The molecular weight excluding hydrogens is 1750 g/mol. The normalized spacial score (nSPS) is 51.6. The van der Waals surface area contributed by atoms with Gasteiger partial charge in [0.15, 0.2) is 69.2 Å². The Balaban J connectivity index is 0.935. The zero-order valence-electron chi connectivity index (χ0n) is 69.2. The summed E-state index contributed by atoms with van der Waals surface area (Å²) in [7, 11) is 0. The van der Waals surface area contributed by atoms with E-state index in [-0.39, 0.29) is 0 Å². The standard InChI is InChI=1S/C72H121N3O53/c1-15-32(86)39(93)46(100)66(109-15)124-57-29(73-18(4)83)63(116-25(11-80)54(57)123-71-51(105)60(37(91)23(9-78)115-71)127-64-30(74-19(5)84)58(125-67-47(101)40(94)33(87)16(2)110-67)55(26(12-81)117-64)121-69-49(103)42(96)35(89)21(7-76)113-69)108-14-28-38(92)61(52(106)72(119-28)120-53-24(10-79)112-62(107)45(99)44(53)98)128-65-31(75-20(6)85)59(126-68-48(102)41(95)34(88)17(3)111-68)56(27(13-82)118-65)122-70-50(104)43(97)36(90)22(8-77)114-70/h15-17,21-72,76-82,86-107H,7-14H2,1-6H3,(H,73,83)(H,74,84)(H,75,85)/t15-,16-,17-,21+,22+,23+,24+,25+,26+,27+,28+,29+,30+,31+,32+,33+,34+,35-,36-,37-,38-,39+,40+,41+,42-,43-,44+,45+,46-,47-,48-,49+,50+,51+,52+,53+,54+,55+,56+,57+,58+,59+,60-,61-,62?,63+,64-,65-,66-,67-,68-,69-,70-,71-,72-/m0/s1. The van der Waals surface area contributed by atoms with Crippen LogP contribution in [-0.2, 0) is 114 Å². The van der Waals surface area contributed by atoms with Crippen LogP contribution in [0.25, 0.3) is 0 Å². The molecule has 0 saturated carbocycles. The second-order valence-electron chi connectivity index (χ2n) is 33.0. The van der Waals surface area contributed by atoms with Gasteiger partial charge in [-0.25, -0.2) is 0 Å². The van der Waals surface area contributed by atoms with Crippen molar-refractivity contribution in [3.05, 3.63) is 0 Å². The predicted octanol–water partition coefficient (Wildman–Crippen LogP) is -21.5. The lowest BCUT2D eigenvalue weighted by Gasteiger charge is -2.52. The predicted molar refractivity (Wildman–Crippen MR) is 393 cm³/mol. The lowest BCUT2D eigenvalue weighted by molar-refractivity contribution is -0.397. The van der Waals surface area contributed by atoms with Gasteiger partial charge in [-0.3, -0.25) is 14.4 Å². The summed E-state index contributed by atoms with van der Waals surface area (Å²) in [5.74, 6) is -3.06. The number of hydrogen-bond acceptors (Lipinski definition) is 53. The van der Waals surface area contributed by atoms with Gasteiger partial charge >= 0.3 is 0 Å². The summed E-state index contributed by atoms with van der Waals surface area (Å²) in [6.45, 7) is -2.92. The molecule has 3 amide bonds. The van der Waals surface area contributed by atoms with Gasteiger partial charge in [0.25, 0.3) is 0 Å². The van der Waals surface area contributed by atoms with Crippen LogP contribution in [0.4, 0.5) is 0 Å². The van der Waals surface area contributed by atoms with Crippen LogP contribution in [0.2, 0.25) is 0 Å². The van der Waals surface area contributed by atoms with Gasteiger partial charge in [-0.15, -0.1) is 0 Å². The van der Waals surface area contributed by atoms with Gasteiger partial charge in [0.2, 0.25) is 17.7 Å². The van der Waals surface area contributed by atoms with Crippen molar-refractivity contribution in [2.24, 2.45) is 0 Å². The highest BCUT2D eigenvalue weighted by molar-refractivity contribution is 5.74. The third kappa shape index (κ3) is 22.5. The second-order valence-corrected chi connectivity index (χ2v) is 33.0. The fourth-order valence-electron chi connectivity index (χ4n) is 16.9. The van der Waals surface area contributed by atoms with E-state index in [0.717, 1.165) is 20.8 Å². The van der Waals surface area contributed by atoms with Crippen molar-refractivity contribution < 1.29 is 262 Å². The van der Waals surface area contributed by atoms with Gasteiger partial charge in [-0.2, -0.15) is 0 Å². The van der Waals surface area contributed by atoms with Gasteiger partial charge in [-0.05, 0) is 20.8 Å². The highest BCUT2D eigenvalue weighted by atomic mass is 16.8. The van der Waals surface area contributed by atoms with Crippen molar-refractivity contribution in [3.8, 4) is 0 Å². The average molecular weight is 1880 g/mol. The summed E-state index contributed by atoms with van der Waals surface area (Å²) < 4.78 is 127. The minimum absolute atomic E-state index is 0.902. The molecule has 56 heteroatoms. The number of aliphatic hydroxyl groups is 29. The Hall–Kier alpha value is -3.59. The molecule has 742 valence electrons. The monoisotopic (exact) mass is 1880 g/mol. The van der Waals surface area contributed by atoms with Crippen LogP contribution in [0.5, 0.6) is 0 Å². The van der Waals surface area contributed by atoms with Gasteiger partial charge in [0, 0.05) is 20.8 Å². The Bertz CT molecular complexity index is 3460. The molecule has 0 aromatic carbocycles. The van der Waals surface area contributed by atoms with E-state index < -0.39 is 408 Å². The molecule has 0 radical (unpaired) electrons. The Labute approximate surface area is 725 Å². The van der Waals surface area contributed by atoms with Gasteiger partial charge in [0.05, 0.1) is 71.2 Å². The fourth-order valence-corrected chi connectivity index (χ4v) is 16.9. The second kappa shape index (κ2) is 45.1. The average Bonchev–Trinajstić information content (AvgIpc) is 0.762. The van der Waals surface area contributed by atoms with Gasteiger partial charge in [0.1, 0.15) is 250 Å². The Morgan fingerprint density at radius 1 is 0.219 bits per heavy atom. The SMILES string of the molecule is CC(=O)N[C@H]1[C@H](O[C@H]2[C@@H](O)[C@@H](CO[C@@H]3O[C@H](CO)[C@@H](O[C@@H]4O[C@H](CO)[C@H](O)[C@H](O[C@@H]5O[C@H](CO)[C@@H](O[C@@H]6O[C@H](CO)[C@H](O)[C@H](O)[C@H]6O)[C@H](O[C@@H]6O[C@@H](C)[C@@H](O)[C@@H](O)[C@@H]6O)[C@H]5NC(C)=O)[C@H]4O)[C@H](O[C@@H]4O[C@@H](C)[C@@H](O)[C@@H](O)[C@@H]4O)[C@H]3NC(C)=O)O[C@@H](O[C@H]3[C@H](O)[C@@H](O)C(O)O[C@@H]3CO)[C@@H]2O)O[C@H](CO)[C@@H](O[C@@H]2O[C@H](CO)[C@H](O)[C@H](O)[C@H]2O)[C@@H]1O[C@@H]1O[C@@H](C)[C@@H](O)[C@@H](O)[C@@H]1O. The van der Waals surface area contributed by atoms with Crippen LogP contribution in [0.15, 0.2) is 0 Å². The number of ether oxygens (including phenoxy) is 21. The van der Waals surface area contributed by atoms with E-state index >= 15 is 0 Å². The van der Waals surface area contributed by atoms with E-state index in [9.17, 15) is 162 Å². The van der Waals surface area contributed by atoms with Crippen molar-refractivity contribution in [2.75, 3.05) is 52.9 Å². The lowest BCUT2D eigenvalue weighted by Crippen LogP contribution is -2.72. The molecule has 55 atom stereocenters. The third-order valence-corrected chi connectivity index (χ3v) is 24.1. The minimum atomic E-state index is -2.53. The summed E-state index contributed by atoms with van der Waals surface area (Å²) in [5, 5.41) is 331. The highest BCUT2D eigenvalue weighted by Crippen LogP contribution is 2.43. The summed E-state index contributed by atoms with van der Waals surface area (Å²) in [5.41, 5.74) is 0. The molecule has 0 bridgehead atoms. The van der Waals surface area contributed by atoms with E-state index in [1.165, 1.54) is 20.8 Å². The molecule has 0 spiro atoms. The molecule has 11 fully saturated rings. The van der Waals surface area contributed by atoms with Crippen LogP contribution >= 0.6 is 0 Å². The number of carbonyl (C=O) groups is 3. The Kier molecular flexibility index (Phi) is 37.0. The molecule has 11 rings (SSSR count). The maximum absolute atomic E-state index is 13.8. The molecule has 0 aliphatic carbocycles. The quantitative estimate of drug-likeness (QED) is 0.0306. The first-order valence-electron chi connectivity index (χ1n) is 41.2. The molecule has 56 nitrogen and oxygen atoms in total. The van der Waals surface area contributed by atoms with Gasteiger partial charge < -0.3 is 264 Å². The van der Waals surface area contributed by atoms with Crippen LogP contribution in [0.3, 0.4) is 0 Å². The van der Waals surface area contributed by atoms with Crippen LogP contribution < -0.4 is 16.0 Å².